The minimum absolute atomic E-state index is 0.190. The molecule has 0 amide bonds. The molecule has 9 heteroatoms. The fourth-order valence-corrected chi connectivity index (χ4v) is 1.09. The molecule has 1 aromatic rings. The van der Waals surface area contributed by atoms with Crippen LogP contribution in [0.3, 0.4) is 0 Å². The Morgan fingerprint density at radius 1 is 1.12 bits per heavy atom. The van der Waals surface area contributed by atoms with Gasteiger partial charge < -0.3 is 9.47 Å². The molecule has 0 atom stereocenters. The van der Waals surface area contributed by atoms with E-state index in [0.717, 1.165) is 6.20 Å². The fourth-order valence-electron chi connectivity index (χ4n) is 0.786. The van der Waals surface area contributed by atoms with Crippen LogP contribution >= 0.6 is 15.9 Å². The van der Waals surface area contributed by atoms with Gasteiger partial charge >= 0.3 is 6.01 Å². The van der Waals surface area contributed by atoms with Crippen molar-refractivity contribution in [1.82, 2.24) is 9.97 Å². The lowest BCUT2D eigenvalue weighted by Crippen LogP contribution is -2.11. The molecule has 0 aromatic carbocycles. The summed E-state index contributed by atoms with van der Waals surface area (Å²) in [5.74, 6) is -0.190. The molecule has 1 heterocycles. The first-order valence-corrected chi connectivity index (χ1v) is 5.12. The maximum absolute atomic E-state index is 11.9. The lowest BCUT2D eigenvalue weighted by atomic mass is 10.6. The molecule has 0 spiro atoms. The highest BCUT2D eigenvalue weighted by molar-refractivity contribution is 9.10. The van der Waals surface area contributed by atoms with Crippen molar-refractivity contribution in [3.05, 3.63) is 10.7 Å². The molecule has 1 aromatic heterocycles. The number of ether oxygens (including phenoxy) is 2. The first-order valence-electron chi connectivity index (χ1n) is 4.33. The van der Waals surface area contributed by atoms with E-state index in [-0.39, 0.29) is 16.4 Å². The van der Waals surface area contributed by atoms with Crippen LogP contribution in [-0.2, 0) is 0 Å². The van der Waals surface area contributed by atoms with Gasteiger partial charge in [-0.25, -0.2) is 22.5 Å². The molecule has 17 heavy (non-hydrogen) atoms. The van der Waals surface area contributed by atoms with E-state index >= 15 is 0 Å². The average Bonchev–Trinajstić information content (AvgIpc) is 2.26. The van der Waals surface area contributed by atoms with Gasteiger partial charge in [-0.15, -0.1) is 0 Å². The quantitative estimate of drug-likeness (QED) is 0.756. The van der Waals surface area contributed by atoms with E-state index < -0.39 is 26.1 Å². The molecule has 4 nitrogen and oxygen atoms in total. The fraction of sp³-hybridized carbons (Fsp3) is 0.500. The maximum Gasteiger partial charge on any atom is 0.319 e. The molecule has 0 aliphatic rings. The average molecular weight is 319 g/mol. The second-order valence-corrected chi connectivity index (χ2v) is 3.56. The second kappa shape index (κ2) is 6.58. The van der Waals surface area contributed by atoms with E-state index in [0.29, 0.717) is 0 Å². The van der Waals surface area contributed by atoms with Crippen molar-refractivity contribution < 1.29 is 27.0 Å². The van der Waals surface area contributed by atoms with Crippen molar-refractivity contribution in [2.45, 2.75) is 12.9 Å². The summed E-state index contributed by atoms with van der Waals surface area (Å²) in [6, 6.07) is -0.363. The van der Waals surface area contributed by atoms with Crippen LogP contribution in [0.4, 0.5) is 17.6 Å². The zero-order valence-electron chi connectivity index (χ0n) is 8.25. The lowest BCUT2D eigenvalue weighted by molar-refractivity contribution is 0.0714. The number of rotatable bonds is 6. The minimum atomic E-state index is -2.67. The normalized spacial score (nSPS) is 11.0. The molecule has 0 aliphatic heterocycles. The van der Waals surface area contributed by atoms with Crippen LogP contribution < -0.4 is 9.47 Å². The summed E-state index contributed by atoms with van der Waals surface area (Å²) < 4.78 is 56.8. The molecule has 0 radical (unpaired) electrons. The molecule has 0 saturated carbocycles. The highest BCUT2D eigenvalue weighted by Gasteiger charge is 2.12. The second-order valence-electron chi connectivity index (χ2n) is 2.71. The van der Waals surface area contributed by atoms with Crippen molar-refractivity contribution >= 4 is 15.9 Å². The highest BCUT2D eigenvalue weighted by atomic mass is 79.9. The zero-order chi connectivity index (χ0) is 12.8. The number of nitrogens with zero attached hydrogens (tertiary/aromatic N) is 2. The van der Waals surface area contributed by atoms with E-state index in [1.165, 1.54) is 0 Å². The molecule has 0 unspecified atom stereocenters. The van der Waals surface area contributed by atoms with Gasteiger partial charge in [-0.1, -0.05) is 0 Å². The van der Waals surface area contributed by atoms with Crippen molar-refractivity contribution in [3.8, 4) is 11.9 Å². The molecule has 0 saturated heterocycles. The molecular weight excluding hydrogens is 312 g/mol. The number of aromatic nitrogens is 2. The molecule has 0 fully saturated rings. The van der Waals surface area contributed by atoms with Crippen LogP contribution in [0.15, 0.2) is 10.7 Å². The van der Waals surface area contributed by atoms with Crippen molar-refractivity contribution in [1.29, 1.82) is 0 Å². The molecular formula is C8H7BrF4N2O2. The van der Waals surface area contributed by atoms with Gasteiger partial charge in [0.1, 0.15) is 0 Å². The SMILES string of the molecule is FC(F)COc1ncc(Br)c(OCC(F)F)n1. The summed E-state index contributed by atoms with van der Waals surface area (Å²) in [4.78, 5) is 7.10. The van der Waals surface area contributed by atoms with Gasteiger partial charge in [-0.05, 0) is 15.9 Å². The topological polar surface area (TPSA) is 44.2 Å². The molecule has 1 rings (SSSR count). The van der Waals surface area contributed by atoms with E-state index in [1.807, 2.05) is 0 Å². The third-order valence-corrected chi connectivity index (χ3v) is 1.92. The smallest absolute Gasteiger partial charge is 0.319 e. The van der Waals surface area contributed by atoms with E-state index in [9.17, 15) is 17.6 Å². The van der Waals surface area contributed by atoms with Gasteiger partial charge in [-0.3, -0.25) is 0 Å². The summed E-state index contributed by atoms with van der Waals surface area (Å²) in [5, 5.41) is 0. The Hall–Kier alpha value is -1.12. The van der Waals surface area contributed by atoms with Crippen molar-refractivity contribution in [2.24, 2.45) is 0 Å². The number of halogens is 5. The van der Waals surface area contributed by atoms with Crippen molar-refractivity contribution in [3.63, 3.8) is 0 Å². The predicted molar refractivity (Wildman–Crippen MR) is 52.7 cm³/mol. The minimum Gasteiger partial charge on any atom is -0.471 e. The Labute approximate surface area is 102 Å². The molecule has 0 bridgehead atoms. The summed E-state index contributed by atoms with van der Waals surface area (Å²) in [6.45, 7) is -1.74. The van der Waals surface area contributed by atoms with Crippen LogP contribution in [0.5, 0.6) is 11.9 Å². The van der Waals surface area contributed by atoms with Crippen LogP contribution in [-0.4, -0.2) is 36.0 Å². The first kappa shape index (κ1) is 13.9. The van der Waals surface area contributed by atoms with Crippen LogP contribution in [0.25, 0.3) is 0 Å². The van der Waals surface area contributed by atoms with Crippen molar-refractivity contribution in [2.75, 3.05) is 13.2 Å². The standard InChI is InChI=1S/C8H7BrF4N2O2/c9-4-1-14-8(17-3-6(12)13)15-7(4)16-2-5(10)11/h1,5-6H,2-3H2. The summed E-state index contributed by atoms with van der Waals surface area (Å²) in [7, 11) is 0. The van der Waals surface area contributed by atoms with E-state index in [2.05, 4.69) is 35.4 Å². The Morgan fingerprint density at radius 3 is 2.29 bits per heavy atom. The number of hydrogen-bond acceptors (Lipinski definition) is 4. The first-order chi connectivity index (χ1) is 7.99. The maximum atomic E-state index is 11.9. The Bertz CT molecular complexity index is 367. The van der Waals surface area contributed by atoms with Gasteiger partial charge in [0.15, 0.2) is 13.2 Å². The number of hydrogen-bond donors (Lipinski definition) is 0. The highest BCUT2D eigenvalue weighted by Crippen LogP contribution is 2.23. The third-order valence-electron chi connectivity index (χ3n) is 1.37. The van der Waals surface area contributed by atoms with Gasteiger partial charge in [0, 0.05) is 0 Å². The van der Waals surface area contributed by atoms with Crippen LogP contribution in [0, 0.1) is 0 Å². The van der Waals surface area contributed by atoms with E-state index in [1.54, 1.807) is 0 Å². The van der Waals surface area contributed by atoms with Crippen LogP contribution in [0.2, 0.25) is 0 Å². The largest absolute Gasteiger partial charge is 0.471 e. The summed E-state index contributed by atoms with van der Waals surface area (Å²) in [5.41, 5.74) is 0. The Balaban J connectivity index is 2.65. The van der Waals surface area contributed by atoms with Gasteiger partial charge in [0.05, 0.1) is 10.7 Å². The lowest BCUT2D eigenvalue weighted by Gasteiger charge is -2.08. The monoisotopic (exact) mass is 318 g/mol. The summed E-state index contributed by atoms with van der Waals surface area (Å²) >= 11 is 2.96. The zero-order valence-corrected chi connectivity index (χ0v) is 9.83. The Kier molecular flexibility index (Phi) is 5.39. The predicted octanol–water partition coefficient (Wildman–Crippen LogP) is 2.53. The molecule has 0 aliphatic carbocycles. The third kappa shape index (κ3) is 5.16. The molecule has 96 valence electrons. The number of alkyl halides is 4. The molecule has 0 N–H and O–H groups in total. The Morgan fingerprint density at radius 2 is 1.71 bits per heavy atom. The van der Waals surface area contributed by atoms with Gasteiger partial charge in [0.2, 0.25) is 5.88 Å². The van der Waals surface area contributed by atoms with Crippen LogP contribution in [0.1, 0.15) is 0 Å². The van der Waals surface area contributed by atoms with Gasteiger partial charge in [-0.2, -0.15) is 4.98 Å². The van der Waals surface area contributed by atoms with Gasteiger partial charge in [0.25, 0.3) is 12.9 Å². The van der Waals surface area contributed by atoms with E-state index in [4.69, 9.17) is 0 Å². The summed E-state index contributed by atoms with van der Waals surface area (Å²) in [6.07, 6.45) is -4.18.